The lowest BCUT2D eigenvalue weighted by atomic mass is 10.1. The van der Waals surface area contributed by atoms with E-state index in [4.69, 9.17) is 16.3 Å². The highest BCUT2D eigenvalue weighted by atomic mass is 35.5. The molecule has 1 aliphatic carbocycles. The highest BCUT2D eigenvalue weighted by Crippen LogP contribution is 2.52. The number of ether oxygens (including phenoxy) is 1. The van der Waals surface area contributed by atoms with Crippen molar-refractivity contribution in [1.29, 1.82) is 0 Å². The second-order valence-electron chi connectivity index (χ2n) is 4.79. The van der Waals surface area contributed by atoms with Gasteiger partial charge in [0, 0.05) is 0 Å². The summed E-state index contributed by atoms with van der Waals surface area (Å²) in [5.41, 5.74) is 0.856. The molecular weight excluding hydrogens is 238 g/mol. The number of carbonyl (C=O) groups is 1. The van der Waals surface area contributed by atoms with Crippen LogP contribution < -0.4 is 0 Å². The van der Waals surface area contributed by atoms with Crippen molar-refractivity contribution in [3.63, 3.8) is 0 Å². The average molecular weight is 252 g/mol. The van der Waals surface area contributed by atoms with Crippen molar-refractivity contribution in [2.24, 2.45) is 0 Å². The smallest absolute Gasteiger partial charge is 0.410 e. The van der Waals surface area contributed by atoms with Gasteiger partial charge < -0.3 is 4.74 Å². The first-order valence-electron chi connectivity index (χ1n) is 5.80. The molecule has 2 fully saturated rings. The van der Waals surface area contributed by atoms with E-state index in [9.17, 15) is 4.79 Å². The fraction of sp³-hybridized carbons (Fsp3) is 0.462. The molecule has 4 heteroatoms. The molecule has 2 aliphatic rings. The van der Waals surface area contributed by atoms with Gasteiger partial charge in [0.2, 0.25) is 0 Å². The maximum atomic E-state index is 11.8. The molecule has 0 bridgehead atoms. The Kier molecular flexibility index (Phi) is 2.33. The second kappa shape index (κ2) is 3.64. The van der Waals surface area contributed by atoms with Crippen molar-refractivity contribution in [3.8, 4) is 0 Å². The summed E-state index contributed by atoms with van der Waals surface area (Å²) in [5, 5.41) is 0.0279. The third-order valence-electron chi connectivity index (χ3n) is 3.75. The molecule has 90 valence electrons. The number of benzene rings is 1. The quantitative estimate of drug-likeness (QED) is 0.757. The molecule has 17 heavy (non-hydrogen) atoms. The molecule has 3 atom stereocenters. The number of hydrogen-bond acceptors (Lipinski definition) is 2. The van der Waals surface area contributed by atoms with Gasteiger partial charge in [0.25, 0.3) is 0 Å². The number of hydrogen-bond donors (Lipinski definition) is 0. The molecule has 0 N–H and O–H groups in total. The first-order valence-corrected chi connectivity index (χ1v) is 6.24. The minimum atomic E-state index is -0.256. The summed E-state index contributed by atoms with van der Waals surface area (Å²) in [6.45, 7) is 2.45. The van der Waals surface area contributed by atoms with E-state index in [0.29, 0.717) is 6.61 Å². The van der Waals surface area contributed by atoms with Crippen molar-refractivity contribution in [2.45, 2.75) is 30.3 Å². The number of carbonyl (C=O) groups excluding carboxylic acids is 1. The van der Waals surface area contributed by atoms with E-state index >= 15 is 0 Å². The van der Waals surface area contributed by atoms with Gasteiger partial charge in [0.1, 0.15) is 6.61 Å². The van der Waals surface area contributed by atoms with E-state index in [1.165, 1.54) is 0 Å². The molecule has 1 saturated carbocycles. The third-order valence-corrected chi connectivity index (χ3v) is 4.31. The van der Waals surface area contributed by atoms with Crippen LogP contribution in [0.5, 0.6) is 0 Å². The lowest BCUT2D eigenvalue weighted by molar-refractivity contribution is 0.145. The summed E-state index contributed by atoms with van der Waals surface area (Å²) in [6.07, 6.45) is 0.585. The Morgan fingerprint density at radius 2 is 2.12 bits per heavy atom. The van der Waals surface area contributed by atoms with Crippen LogP contribution in [0.3, 0.4) is 0 Å². The van der Waals surface area contributed by atoms with Gasteiger partial charge in [-0.3, -0.25) is 4.90 Å². The molecule has 1 aliphatic heterocycles. The maximum Gasteiger partial charge on any atom is 0.410 e. The molecule has 1 aromatic rings. The van der Waals surface area contributed by atoms with Crippen LogP contribution in [0, 0.1) is 0 Å². The van der Waals surface area contributed by atoms with Crippen LogP contribution in [0.4, 0.5) is 4.79 Å². The van der Waals surface area contributed by atoms with Crippen molar-refractivity contribution in [1.82, 2.24) is 4.90 Å². The zero-order valence-electron chi connectivity index (χ0n) is 9.60. The van der Waals surface area contributed by atoms with Crippen LogP contribution in [0.2, 0.25) is 0 Å². The molecule has 1 amide bonds. The van der Waals surface area contributed by atoms with Gasteiger partial charge in [-0.05, 0) is 18.9 Å². The SMILES string of the molecule is C[C@H](c1ccccc1)N1C(=O)OCC12CC2Cl. The van der Waals surface area contributed by atoms with E-state index in [0.717, 1.165) is 12.0 Å². The highest BCUT2D eigenvalue weighted by Gasteiger charge is 2.65. The van der Waals surface area contributed by atoms with Gasteiger partial charge >= 0.3 is 6.09 Å². The molecule has 1 spiro atoms. The van der Waals surface area contributed by atoms with Crippen LogP contribution >= 0.6 is 11.6 Å². The van der Waals surface area contributed by atoms with Gasteiger partial charge in [-0.25, -0.2) is 4.79 Å². The largest absolute Gasteiger partial charge is 0.447 e. The monoisotopic (exact) mass is 251 g/mol. The van der Waals surface area contributed by atoms with E-state index < -0.39 is 0 Å². The molecule has 3 nitrogen and oxygen atoms in total. The van der Waals surface area contributed by atoms with Crippen molar-refractivity contribution in [2.75, 3.05) is 6.61 Å². The Labute approximate surface area is 105 Å². The Morgan fingerprint density at radius 1 is 1.47 bits per heavy atom. The number of cyclic esters (lactones) is 1. The Hall–Kier alpha value is -1.22. The predicted molar refractivity (Wildman–Crippen MR) is 65.0 cm³/mol. The van der Waals surface area contributed by atoms with Crippen LogP contribution in [0.15, 0.2) is 30.3 Å². The van der Waals surface area contributed by atoms with Crippen molar-refractivity contribution >= 4 is 17.7 Å². The fourth-order valence-electron chi connectivity index (χ4n) is 2.58. The molecule has 1 aromatic carbocycles. The molecular formula is C13H14ClNO2. The van der Waals surface area contributed by atoms with Gasteiger partial charge in [0.05, 0.1) is 17.0 Å². The number of halogens is 1. The summed E-state index contributed by atoms with van der Waals surface area (Å²) in [7, 11) is 0. The van der Waals surface area contributed by atoms with Crippen LogP contribution in [-0.4, -0.2) is 28.5 Å². The standard InChI is InChI=1S/C13H14ClNO2/c1-9(10-5-3-2-4-6-10)15-12(16)17-8-13(15)7-11(13)14/h2-6,9,11H,7-8H2,1H3/t9-,11?,13?/m1/s1. The second-order valence-corrected chi connectivity index (χ2v) is 5.31. The molecule has 1 saturated heterocycles. The first-order chi connectivity index (χ1) is 8.15. The average Bonchev–Trinajstić information content (AvgIpc) is 2.86. The zero-order chi connectivity index (χ0) is 12.0. The van der Waals surface area contributed by atoms with Crippen molar-refractivity contribution in [3.05, 3.63) is 35.9 Å². The van der Waals surface area contributed by atoms with Gasteiger partial charge in [0.15, 0.2) is 0 Å². The predicted octanol–water partition coefficient (Wildman–Crippen LogP) is 2.95. The van der Waals surface area contributed by atoms with Gasteiger partial charge in [-0.15, -0.1) is 11.6 Å². The number of rotatable bonds is 2. The molecule has 0 radical (unpaired) electrons. The summed E-state index contributed by atoms with van der Waals surface area (Å²) < 4.78 is 5.16. The van der Waals surface area contributed by atoms with E-state index in [1.807, 2.05) is 37.3 Å². The Morgan fingerprint density at radius 3 is 2.71 bits per heavy atom. The van der Waals surface area contributed by atoms with Crippen LogP contribution in [0.25, 0.3) is 0 Å². The lowest BCUT2D eigenvalue weighted by Crippen LogP contribution is -2.39. The van der Waals surface area contributed by atoms with Gasteiger partial charge in [-0.1, -0.05) is 30.3 Å². The Bertz CT molecular complexity index is 450. The van der Waals surface area contributed by atoms with E-state index in [1.54, 1.807) is 4.90 Å². The first kappa shape index (κ1) is 10.9. The summed E-state index contributed by atoms with van der Waals surface area (Å²) in [4.78, 5) is 13.6. The summed E-state index contributed by atoms with van der Waals surface area (Å²) >= 11 is 6.17. The fourth-order valence-corrected chi connectivity index (χ4v) is 3.02. The van der Waals surface area contributed by atoms with Crippen molar-refractivity contribution < 1.29 is 9.53 Å². The van der Waals surface area contributed by atoms with E-state index in [-0.39, 0.29) is 23.1 Å². The summed E-state index contributed by atoms with van der Waals surface area (Å²) in [6, 6.07) is 9.98. The molecule has 1 heterocycles. The third kappa shape index (κ3) is 1.53. The maximum absolute atomic E-state index is 11.8. The van der Waals surface area contributed by atoms with Gasteiger partial charge in [-0.2, -0.15) is 0 Å². The minimum Gasteiger partial charge on any atom is -0.447 e. The number of alkyl halides is 1. The molecule has 3 rings (SSSR count). The normalized spacial score (nSPS) is 32.7. The number of nitrogens with zero attached hydrogens (tertiary/aromatic N) is 1. The topological polar surface area (TPSA) is 29.5 Å². The summed E-state index contributed by atoms with van der Waals surface area (Å²) in [5.74, 6) is 0. The van der Waals surface area contributed by atoms with Crippen LogP contribution in [0.1, 0.15) is 24.9 Å². The molecule has 0 aromatic heterocycles. The minimum absolute atomic E-state index is 0.00921. The lowest BCUT2D eigenvalue weighted by Gasteiger charge is -2.28. The van der Waals surface area contributed by atoms with E-state index in [2.05, 4.69) is 0 Å². The number of amides is 1. The zero-order valence-corrected chi connectivity index (χ0v) is 10.4. The molecule has 2 unspecified atom stereocenters. The Balaban J connectivity index is 1.91. The highest BCUT2D eigenvalue weighted by molar-refractivity contribution is 6.24. The van der Waals surface area contributed by atoms with Crippen LogP contribution in [-0.2, 0) is 4.74 Å².